The lowest BCUT2D eigenvalue weighted by molar-refractivity contribution is -0.0244. The van der Waals surface area contributed by atoms with Crippen LogP contribution in [0.3, 0.4) is 0 Å². The lowest BCUT2D eigenvalue weighted by Gasteiger charge is -2.37. The largest absolute Gasteiger partial charge is 0.368 e. The van der Waals surface area contributed by atoms with Crippen LogP contribution in [0, 0.1) is 41.4 Å². The molecule has 7 heteroatoms. The Hall–Kier alpha value is -1.16. The molecule has 0 spiro atoms. The van der Waals surface area contributed by atoms with Gasteiger partial charge in [-0.15, -0.1) is 12.8 Å². The molecule has 0 aliphatic rings. The molecule has 0 radical (unpaired) electrons. The first-order chi connectivity index (χ1) is 13.4. The molecule has 1 unspecified atom stereocenters. The van der Waals surface area contributed by atoms with Crippen molar-refractivity contribution in [2.75, 3.05) is 39.6 Å². The highest BCUT2D eigenvalue weighted by atomic mass is 31.2. The predicted molar refractivity (Wildman–Crippen MR) is 109 cm³/mol. The minimum atomic E-state index is -1.41. The number of hydrogen-bond donors (Lipinski definition) is 0. The van der Waals surface area contributed by atoms with Gasteiger partial charge in [0.15, 0.2) is 0 Å². The molecule has 0 aliphatic heterocycles. The molecule has 6 nitrogen and oxygen atoms in total. The zero-order chi connectivity index (χ0) is 21.4. The predicted octanol–water partition coefficient (Wildman–Crippen LogP) is 3.58. The first-order valence-corrected chi connectivity index (χ1v) is 10.0. The minimum absolute atomic E-state index is 0.0207. The highest BCUT2D eigenvalue weighted by molar-refractivity contribution is 7.44. The van der Waals surface area contributed by atoms with Crippen molar-refractivity contribution < 1.29 is 19.9 Å². The number of nitriles is 1. The smallest absolute Gasteiger partial charge is 0.259 e. The lowest BCUT2D eigenvalue weighted by atomic mass is 9.94. The molecule has 0 aromatic heterocycles. The fraction of sp³-hybridized carbons (Fsp3) is 0.750. The lowest BCUT2D eigenvalue weighted by Crippen LogP contribution is -2.37. The van der Waals surface area contributed by atoms with Crippen molar-refractivity contribution in [1.29, 1.82) is 5.26 Å². The van der Waals surface area contributed by atoms with Crippen molar-refractivity contribution in [3.63, 3.8) is 0 Å². The Morgan fingerprint density at radius 2 is 1.59 bits per heavy atom. The van der Waals surface area contributed by atoms with Crippen LogP contribution in [0.5, 0.6) is 0 Å². The minimum Gasteiger partial charge on any atom is -0.368 e. The van der Waals surface area contributed by atoms with Gasteiger partial charge in [0, 0.05) is 18.9 Å². The van der Waals surface area contributed by atoms with Crippen molar-refractivity contribution in [3.8, 4) is 30.8 Å². The van der Waals surface area contributed by atoms with E-state index in [1.807, 2.05) is 0 Å². The van der Waals surface area contributed by atoms with E-state index < -0.39 is 13.9 Å². The van der Waals surface area contributed by atoms with E-state index in [1.54, 1.807) is 0 Å². The molecular formula is C20H33N2O4P. The van der Waals surface area contributed by atoms with Crippen LogP contribution in [0.4, 0.5) is 0 Å². The molecule has 0 saturated heterocycles. The second kappa shape index (κ2) is 14.8. The fourth-order valence-corrected chi connectivity index (χ4v) is 4.01. The third-order valence-electron chi connectivity index (χ3n) is 3.33. The zero-order valence-corrected chi connectivity index (χ0v) is 17.8. The van der Waals surface area contributed by atoms with E-state index >= 15 is 0 Å². The summed E-state index contributed by atoms with van der Waals surface area (Å²) in [5, 5.41) is 8.81. The molecule has 0 amide bonds. The monoisotopic (exact) mass is 397 g/mol. The summed E-state index contributed by atoms with van der Waals surface area (Å²) in [5.74, 6) is 4.84. The molecule has 27 heavy (non-hydrogen) atoms. The molecule has 0 fully saturated rings. The quantitative estimate of drug-likeness (QED) is 0.239. The Bertz CT molecular complexity index is 512. The van der Waals surface area contributed by atoms with Crippen LogP contribution >= 0.6 is 8.53 Å². The van der Waals surface area contributed by atoms with Crippen LogP contribution < -0.4 is 0 Å². The number of ether oxygens (including phenoxy) is 2. The van der Waals surface area contributed by atoms with E-state index in [4.69, 9.17) is 38.0 Å². The average Bonchev–Trinajstić information content (AvgIpc) is 2.65. The van der Waals surface area contributed by atoms with Gasteiger partial charge in [0.25, 0.3) is 8.53 Å². The maximum Gasteiger partial charge on any atom is 0.259 e. The molecule has 0 N–H and O–H groups in total. The number of hydrogen-bond acceptors (Lipinski definition) is 6. The van der Waals surface area contributed by atoms with Crippen molar-refractivity contribution in [2.24, 2.45) is 5.41 Å². The van der Waals surface area contributed by atoms with Gasteiger partial charge in [0.05, 0.1) is 38.9 Å². The van der Waals surface area contributed by atoms with Crippen molar-refractivity contribution in [3.05, 3.63) is 0 Å². The van der Waals surface area contributed by atoms with Crippen LogP contribution in [0.15, 0.2) is 0 Å². The summed E-state index contributed by atoms with van der Waals surface area (Å²) in [6.45, 7) is 9.49. The molecule has 1 atom stereocenters. The molecule has 0 aromatic rings. The van der Waals surface area contributed by atoms with E-state index in [1.165, 1.54) is 0 Å². The Kier molecular flexibility index (Phi) is 13.1. The summed E-state index contributed by atoms with van der Waals surface area (Å²) < 4.78 is 33.2. The Morgan fingerprint density at radius 1 is 1.04 bits per heavy atom. The van der Waals surface area contributed by atoms with Gasteiger partial charge in [-0.2, -0.15) is 5.26 Å². The normalized spacial score (nSPS) is 13.3. The van der Waals surface area contributed by atoms with Crippen LogP contribution in [-0.2, 0) is 18.5 Å². The van der Waals surface area contributed by atoms with Crippen molar-refractivity contribution >= 4 is 8.53 Å². The van der Waals surface area contributed by atoms with E-state index in [2.05, 4.69) is 50.3 Å². The summed E-state index contributed by atoms with van der Waals surface area (Å²) in [6, 6.07) is 2.45. The topological polar surface area (TPSA) is 64.0 Å². The number of nitrogens with zero attached hydrogens (tertiary/aromatic N) is 2. The van der Waals surface area contributed by atoms with E-state index in [0.29, 0.717) is 0 Å². The van der Waals surface area contributed by atoms with Gasteiger partial charge in [-0.05, 0) is 27.7 Å². The molecule has 0 rings (SSSR count). The molecule has 0 bridgehead atoms. The maximum atomic E-state index is 8.81. The summed E-state index contributed by atoms with van der Waals surface area (Å²) in [6.07, 6.45) is 10.8. The first kappa shape index (κ1) is 23.9. The summed E-state index contributed by atoms with van der Waals surface area (Å²) >= 11 is 0. The van der Waals surface area contributed by atoms with Crippen molar-refractivity contribution in [2.45, 2.75) is 53.1 Å². The molecule has 0 heterocycles. The Morgan fingerprint density at radius 3 is 2.00 bits per heavy atom. The molecule has 0 aromatic carbocycles. The van der Waals surface area contributed by atoms with E-state index in [9.17, 15) is 0 Å². The van der Waals surface area contributed by atoms with Gasteiger partial charge in [0.2, 0.25) is 0 Å². The number of rotatable bonds is 15. The summed E-state index contributed by atoms with van der Waals surface area (Å²) in [5.41, 5.74) is -0.716. The SMILES string of the molecule is [2H]CC(COCC#C)(COCC#C)COP(OCCC#N)N(C(C)C)C(C)C. The van der Waals surface area contributed by atoms with Crippen LogP contribution in [0.2, 0.25) is 0 Å². The van der Waals surface area contributed by atoms with Gasteiger partial charge in [-0.3, -0.25) is 0 Å². The fourth-order valence-electron chi connectivity index (χ4n) is 2.28. The summed E-state index contributed by atoms with van der Waals surface area (Å²) in [4.78, 5) is 0. The average molecular weight is 397 g/mol. The zero-order valence-electron chi connectivity index (χ0n) is 17.9. The Labute approximate surface area is 167 Å². The third kappa shape index (κ3) is 11.3. The molecular weight excluding hydrogens is 363 g/mol. The molecule has 0 aliphatic carbocycles. The second-order valence-corrected chi connectivity index (χ2v) is 8.17. The summed E-state index contributed by atoms with van der Waals surface area (Å²) in [7, 11) is -1.41. The molecule has 152 valence electrons. The van der Waals surface area contributed by atoms with Crippen LogP contribution in [0.1, 0.15) is 42.4 Å². The third-order valence-corrected chi connectivity index (χ3v) is 5.39. The van der Waals surface area contributed by atoms with Gasteiger partial charge in [-0.1, -0.05) is 18.7 Å². The van der Waals surface area contributed by atoms with Gasteiger partial charge >= 0.3 is 0 Å². The first-order valence-electron chi connectivity index (χ1n) is 9.61. The van der Waals surface area contributed by atoms with E-state index in [-0.39, 0.29) is 65.0 Å². The second-order valence-electron chi connectivity index (χ2n) is 6.71. The maximum absolute atomic E-state index is 8.81. The van der Waals surface area contributed by atoms with Gasteiger partial charge in [0.1, 0.15) is 13.2 Å². The van der Waals surface area contributed by atoms with Crippen LogP contribution in [-0.4, -0.2) is 56.4 Å². The molecule has 0 saturated carbocycles. The Balaban J connectivity index is 5.30. The number of terminal acetylenes is 2. The van der Waals surface area contributed by atoms with Crippen LogP contribution in [0.25, 0.3) is 0 Å². The highest BCUT2D eigenvalue weighted by Crippen LogP contribution is 2.47. The van der Waals surface area contributed by atoms with E-state index in [0.717, 1.165) is 0 Å². The van der Waals surface area contributed by atoms with Crippen molar-refractivity contribution in [1.82, 2.24) is 4.67 Å². The standard InChI is InChI=1S/C20H33N2O4P/c1-8-12-23-15-20(7,16-24-13-9-2)17-26-27(25-14-10-11-21)22(18(3)4)19(5)6/h1-2,18-19H,10,12-17H2,3-7H3/i7D. The highest BCUT2D eigenvalue weighted by Gasteiger charge is 2.32. The van der Waals surface area contributed by atoms with Gasteiger partial charge in [-0.25, -0.2) is 4.67 Å². The van der Waals surface area contributed by atoms with Gasteiger partial charge < -0.3 is 18.5 Å².